The first-order valence-electron chi connectivity index (χ1n) is 5.90. The van der Waals surface area contributed by atoms with Crippen LogP contribution in [0.25, 0.3) is 0 Å². The van der Waals surface area contributed by atoms with Crippen molar-refractivity contribution < 1.29 is 18.0 Å². The van der Waals surface area contributed by atoms with Crippen LogP contribution in [0.15, 0.2) is 35.1 Å². The van der Waals surface area contributed by atoms with Gasteiger partial charge in [-0.2, -0.15) is 8.78 Å². The van der Waals surface area contributed by atoms with Gasteiger partial charge in [-0.25, -0.2) is 9.37 Å². The molecular formula is C13H11BrF3N3O. The van der Waals surface area contributed by atoms with E-state index in [1.54, 1.807) is 0 Å². The Bertz CT molecular complexity index is 660. The number of benzene rings is 1. The molecule has 0 aliphatic rings. The van der Waals surface area contributed by atoms with E-state index in [1.165, 1.54) is 31.4 Å². The molecule has 2 rings (SSSR count). The molecule has 1 aromatic heterocycles. The number of carbonyl (C=O) groups is 1. The number of amides is 1. The van der Waals surface area contributed by atoms with Crippen molar-refractivity contribution in [3.8, 4) is 0 Å². The van der Waals surface area contributed by atoms with Crippen molar-refractivity contribution in [2.45, 2.75) is 13.1 Å². The zero-order valence-electron chi connectivity index (χ0n) is 10.9. The van der Waals surface area contributed by atoms with E-state index in [9.17, 15) is 18.0 Å². The van der Waals surface area contributed by atoms with Crippen molar-refractivity contribution in [3.05, 3.63) is 52.3 Å². The molecule has 0 saturated heterocycles. The Balaban J connectivity index is 2.18. The molecule has 1 aromatic carbocycles. The van der Waals surface area contributed by atoms with Gasteiger partial charge in [-0.15, -0.1) is 0 Å². The smallest absolute Gasteiger partial charge is 0.319 e. The first-order valence-corrected chi connectivity index (χ1v) is 6.70. The van der Waals surface area contributed by atoms with Crippen LogP contribution < -0.4 is 0 Å². The van der Waals surface area contributed by atoms with Crippen LogP contribution in [0.4, 0.5) is 13.2 Å². The van der Waals surface area contributed by atoms with Crippen LogP contribution in [0.1, 0.15) is 22.7 Å². The van der Waals surface area contributed by atoms with Crippen molar-refractivity contribution in [2.75, 3.05) is 7.05 Å². The van der Waals surface area contributed by atoms with Crippen molar-refractivity contribution in [1.29, 1.82) is 0 Å². The third-order valence-electron chi connectivity index (χ3n) is 2.85. The quantitative estimate of drug-likeness (QED) is 0.836. The highest BCUT2D eigenvalue weighted by molar-refractivity contribution is 9.10. The number of hydrogen-bond acceptors (Lipinski definition) is 2. The highest BCUT2D eigenvalue weighted by Gasteiger charge is 2.19. The number of nitrogens with zero attached hydrogens (tertiary/aromatic N) is 3. The van der Waals surface area contributed by atoms with Crippen LogP contribution in [0.5, 0.6) is 0 Å². The number of aromatic nitrogens is 2. The van der Waals surface area contributed by atoms with Gasteiger partial charge in [0, 0.05) is 23.9 Å². The lowest BCUT2D eigenvalue weighted by Crippen LogP contribution is -2.28. The maximum absolute atomic E-state index is 13.7. The highest BCUT2D eigenvalue weighted by atomic mass is 79.9. The van der Waals surface area contributed by atoms with E-state index in [2.05, 4.69) is 20.9 Å². The SMILES string of the molecule is CN(Cc1nccn1C(F)F)C(=O)c1ccc(Br)cc1F. The van der Waals surface area contributed by atoms with E-state index in [4.69, 9.17) is 0 Å². The van der Waals surface area contributed by atoms with E-state index in [1.807, 2.05) is 0 Å². The number of carbonyl (C=O) groups excluding carboxylic acids is 1. The Morgan fingerprint density at radius 3 is 2.81 bits per heavy atom. The molecule has 8 heteroatoms. The minimum Gasteiger partial charge on any atom is -0.334 e. The molecule has 0 saturated carbocycles. The van der Waals surface area contributed by atoms with Crippen LogP contribution in [0, 0.1) is 5.82 Å². The fourth-order valence-electron chi connectivity index (χ4n) is 1.80. The predicted octanol–water partition coefficient (Wildman–Crippen LogP) is 3.45. The predicted molar refractivity (Wildman–Crippen MR) is 73.4 cm³/mol. The lowest BCUT2D eigenvalue weighted by Gasteiger charge is -2.18. The maximum atomic E-state index is 13.7. The van der Waals surface area contributed by atoms with Crippen molar-refractivity contribution in [3.63, 3.8) is 0 Å². The van der Waals surface area contributed by atoms with Crippen LogP contribution >= 0.6 is 15.9 Å². The molecule has 1 heterocycles. The van der Waals surface area contributed by atoms with Gasteiger partial charge in [-0.1, -0.05) is 15.9 Å². The second-order valence-corrected chi connectivity index (χ2v) is 5.23. The molecule has 0 atom stereocenters. The molecule has 0 N–H and O–H groups in total. The summed E-state index contributed by atoms with van der Waals surface area (Å²) in [5, 5.41) is 0. The number of rotatable bonds is 4. The first kappa shape index (κ1) is 15.6. The third-order valence-corrected chi connectivity index (χ3v) is 3.34. The van der Waals surface area contributed by atoms with Crippen molar-refractivity contribution >= 4 is 21.8 Å². The minimum atomic E-state index is -2.74. The molecule has 0 aliphatic heterocycles. The van der Waals surface area contributed by atoms with E-state index in [-0.39, 0.29) is 17.9 Å². The van der Waals surface area contributed by atoms with Gasteiger partial charge in [0.2, 0.25) is 0 Å². The van der Waals surface area contributed by atoms with Gasteiger partial charge in [0.25, 0.3) is 5.91 Å². The summed E-state index contributed by atoms with van der Waals surface area (Å²) in [5.41, 5.74) is -0.129. The van der Waals surface area contributed by atoms with E-state index in [0.29, 0.717) is 9.04 Å². The summed E-state index contributed by atoms with van der Waals surface area (Å²) >= 11 is 3.09. The lowest BCUT2D eigenvalue weighted by atomic mass is 10.2. The summed E-state index contributed by atoms with van der Waals surface area (Å²) in [6, 6.07) is 4.03. The van der Waals surface area contributed by atoms with Crippen LogP contribution in [0.2, 0.25) is 0 Å². The molecule has 0 unspecified atom stereocenters. The molecule has 0 radical (unpaired) electrons. The summed E-state index contributed by atoms with van der Waals surface area (Å²) < 4.78 is 40.3. The van der Waals surface area contributed by atoms with Gasteiger partial charge >= 0.3 is 6.55 Å². The molecular weight excluding hydrogens is 351 g/mol. The Morgan fingerprint density at radius 1 is 1.48 bits per heavy atom. The van der Waals surface area contributed by atoms with E-state index in [0.717, 1.165) is 11.1 Å². The number of hydrogen-bond donors (Lipinski definition) is 0. The number of halogens is 4. The van der Waals surface area contributed by atoms with Gasteiger partial charge < -0.3 is 4.90 Å². The highest BCUT2D eigenvalue weighted by Crippen LogP contribution is 2.18. The number of alkyl halides is 2. The minimum absolute atomic E-state index is 0.0263. The topological polar surface area (TPSA) is 38.1 Å². The molecule has 0 aliphatic carbocycles. The Hall–Kier alpha value is -1.83. The lowest BCUT2D eigenvalue weighted by molar-refractivity contribution is 0.0611. The average Bonchev–Trinajstić information content (AvgIpc) is 2.86. The van der Waals surface area contributed by atoms with Crippen molar-refractivity contribution in [2.24, 2.45) is 0 Å². The summed E-state index contributed by atoms with van der Waals surface area (Å²) in [5.74, 6) is -1.26. The van der Waals surface area contributed by atoms with E-state index >= 15 is 0 Å². The van der Waals surface area contributed by atoms with Gasteiger partial charge in [-0.3, -0.25) is 9.36 Å². The standard InChI is InChI=1S/C13H11BrF3N3O/c1-19(7-11-18-4-5-20(11)13(16)17)12(21)9-3-2-8(14)6-10(9)15/h2-6,13H,7H2,1H3. The Kier molecular flexibility index (Phi) is 4.66. The molecule has 112 valence electrons. The molecule has 21 heavy (non-hydrogen) atoms. The van der Waals surface area contributed by atoms with Gasteiger partial charge in [0.05, 0.1) is 12.1 Å². The van der Waals surface area contributed by atoms with Gasteiger partial charge in [-0.05, 0) is 18.2 Å². The summed E-state index contributed by atoms with van der Waals surface area (Å²) in [4.78, 5) is 17.0. The molecule has 0 fully saturated rings. The van der Waals surface area contributed by atoms with Crippen LogP contribution in [-0.2, 0) is 6.54 Å². The summed E-state index contributed by atoms with van der Waals surface area (Å²) in [6.45, 7) is -2.89. The zero-order valence-corrected chi connectivity index (χ0v) is 12.5. The molecule has 0 spiro atoms. The summed E-state index contributed by atoms with van der Waals surface area (Å²) in [7, 11) is 1.40. The molecule has 1 amide bonds. The second-order valence-electron chi connectivity index (χ2n) is 4.31. The fourth-order valence-corrected chi connectivity index (χ4v) is 2.13. The summed E-state index contributed by atoms with van der Waals surface area (Å²) in [6.07, 6.45) is 2.35. The van der Waals surface area contributed by atoms with Gasteiger partial charge in [0.1, 0.15) is 11.6 Å². The molecule has 0 bridgehead atoms. The fraction of sp³-hybridized carbons (Fsp3) is 0.231. The molecule has 4 nitrogen and oxygen atoms in total. The zero-order chi connectivity index (χ0) is 15.6. The Labute approximate surface area is 127 Å². The monoisotopic (exact) mass is 361 g/mol. The normalized spacial score (nSPS) is 11.0. The third kappa shape index (κ3) is 3.44. The largest absolute Gasteiger partial charge is 0.334 e. The number of imidazole rings is 1. The average molecular weight is 362 g/mol. The Morgan fingerprint density at radius 2 is 2.19 bits per heavy atom. The molecule has 2 aromatic rings. The van der Waals surface area contributed by atoms with Crippen LogP contribution in [-0.4, -0.2) is 27.4 Å². The van der Waals surface area contributed by atoms with Gasteiger partial charge in [0.15, 0.2) is 0 Å². The van der Waals surface area contributed by atoms with E-state index < -0.39 is 18.3 Å². The van der Waals surface area contributed by atoms with Crippen molar-refractivity contribution in [1.82, 2.24) is 14.5 Å². The first-order chi connectivity index (χ1) is 9.90. The maximum Gasteiger partial charge on any atom is 0.319 e. The van der Waals surface area contributed by atoms with Crippen LogP contribution in [0.3, 0.4) is 0 Å². The second kappa shape index (κ2) is 6.30.